The number of amides is 1. The second-order valence-corrected chi connectivity index (χ2v) is 9.34. The number of rotatable bonds is 7. The molecule has 2 aromatic carbocycles. The summed E-state index contributed by atoms with van der Waals surface area (Å²) in [6.07, 6.45) is 0. The number of hydrogen-bond acceptors (Lipinski definition) is 10. The summed E-state index contributed by atoms with van der Waals surface area (Å²) in [6, 6.07) is 8.83. The summed E-state index contributed by atoms with van der Waals surface area (Å²) in [5.74, 6) is -1.39. The lowest BCUT2D eigenvalue weighted by molar-refractivity contribution is -0.132. The molecule has 1 saturated heterocycles. The Balaban J connectivity index is 1.98. The van der Waals surface area contributed by atoms with Crippen molar-refractivity contribution in [1.82, 2.24) is 4.98 Å². The molecule has 0 spiro atoms. The van der Waals surface area contributed by atoms with Gasteiger partial charge in [-0.05, 0) is 55.3 Å². The van der Waals surface area contributed by atoms with Crippen molar-refractivity contribution in [2.45, 2.75) is 19.9 Å². The first-order chi connectivity index (χ1) is 18.2. The lowest BCUT2D eigenvalue weighted by Crippen LogP contribution is -2.29. The second-order valence-electron chi connectivity index (χ2n) is 8.37. The van der Waals surface area contributed by atoms with Crippen molar-refractivity contribution >= 4 is 39.9 Å². The van der Waals surface area contributed by atoms with Gasteiger partial charge in [-0.25, -0.2) is 9.78 Å². The van der Waals surface area contributed by atoms with Crippen LogP contribution in [0.25, 0.3) is 5.76 Å². The molecular formula is C27H26N2O8S. The molecule has 2 heterocycles. The Hall–Kier alpha value is -4.38. The van der Waals surface area contributed by atoms with Crippen molar-refractivity contribution in [2.24, 2.45) is 0 Å². The minimum Gasteiger partial charge on any atom is -0.507 e. The molecule has 1 N–H and O–H groups in total. The molecule has 10 nitrogen and oxygen atoms in total. The van der Waals surface area contributed by atoms with Crippen molar-refractivity contribution in [3.05, 3.63) is 69.2 Å². The zero-order valence-corrected chi connectivity index (χ0v) is 22.5. The van der Waals surface area contributed by atoms with E-state index in [9.17, 15) is 19.5 Å². The fraction of sp³-hybridized carbons (Fsp3) is 0.259. The number of ether oxygens (including phenoxy) is 4. The van der Waals surface area contributed by atoms with Gasteiger partial charge in [0.05, 0.1) is 45.7 Å². The number of nitrogens with zero attached hydrogens (tertiary/aromatic N) is 2. The Bertz CT molecular complexity index is 1480. The van der Waals surface area contributed by atoms with E-state index in [2.05, 4.69) is 4.98 Å². The van der Waals surface area contributed by atoms with E-state index in [1.165, 1.54) is 33.3 Å². The van der Waals surface area contributed by atoms with Crippen LogP contribution in [0.1, 0.15) is 38.1 Å². The monoisotopic (exact) mass is 538 g/mol. The molecule has 11 heteroatoms. The fourth-order valence-corrected chi connectivity index (χ4v) is 5.32. The number of benzene rings is 2. The van der Waals surface area contributed by atoms with Gasteiger partial charge in [0.15, 0.2) is 16.6 Å². The number of methoxy groups -OCH3 is 4. The van der Waals surface area contributed by atoms with E-state index in [1.807, 2.05) is 0 Å². The molecule has 3 aromatic rings. The predicted molar refractivity (Wildman–Crippen MR) is 140 cm³/mol. The lowest BCUT2D eigenvalue weighted by Gasteiger charge is -2.24. The van der Waals surface area contributed by atoms with Crippen LogP contribution in [0.15, 0.2) is 42.0 Å². The van der Waals surface area contributed by atoms with Crippen molar-refractivity contribution < 1.29 is 38.4 Å². The van der Waals surface area contributed by atoms with E-state index in [0.29, 0.717) is 39.6 Å². The van der Waals surface area contributed by atoms with Crippen LogP contribution in [0, 0.1) is 13.8 Å². The maximum absolute atomic E-state index is 13.5. The summed E-state index contributed by atoms with van der Waals surface area (Å²) in [5.41, 5.74) is 1.66. The number of aromatic nitrogens is 1. The van der Waals surface area contributed by atoms with Gasteiger partial charge in [0, 0.05) is 5.56 Å². The number of aryl methyl sites for hydroxylation is 2. The highest BCUT2D eigenvalue weighted by Crippen LogP contribution is 2.45. The number of Topliss-reactive ketones (excluding diaryl/α,β-unsaturated/α-hetero) is 1. The minimum absolute atomic E-state index is 0.107. The van der Waals surface area contributed by atoms with Crippen LogP contribution in [0.4, 0.5) is 5.13 Å². The molecule has 1 unspecified atom stereocenters. The number of carbonyl (C=O) groups is 3. The zero-order chi connectivity index (χ0) is 27.7. The van der Waals surface area contributed by atoms with Gasteiger partial charge in [0.2, 0.25) is 0 Å². The van der Waals surface area contributed by atoms with Gasteiger partial charge >= 0.3 is 11.9 Å². The van der Waals surface area contributed by atoms with E-state index >= 15 is 0 Å². The molecular weight excluding hydrogens is 512 g/mol. The second kappa shape index (κ2) is 10.5. The maximum atomic E-state index is 13.5. The third kappa shape index (κ3) is 4.45. The van der Waals surface area contributed by atoms with Crippen LogP contribution in [0.5, 0.6) is 17.2 Å². The smallest absolute Gasteiger partial charge is 0.350 e. The molecule has 1 aromatic heterocycles. The molecule has 0 bridgehead atoms. The van der Waals surface area contributed by atoms with Crippen LogP contribution in [0.3, 0.4) is 0 Å². The van der Waals surface area contributed by atoms with E-state index < -0.39 is 23.7 Å². The first-order valence-electron chi connectivity index (χ1n) is 11.4. The molecule has 0 radical (unpaired) electrons. The first-order valence-corrected chi connectivity index (χ1v) is 12.2. The van der Waals surface area contributed by atoms with Crippen LogP contribution >= 0.6 is 11.3 Å². The van der Waals surface area contributed by atoms with Gasteiger partial charge in [-0.1, -0.05) is 17.4 Å². The number of thiazole rings is 1. The average Bonchev–Trinajstić information content (AvgIpc) is 3.43. The van der Waals surface area contributed by atoms with E-state index in [1.54, 1.807) is 50.2 Å². The Kier molecular flexibility index (Phi) is 7.40. The molecule has 0 saturated carbocycles. The van der Waals surface area contributed by atoms with Crippen molar-refractivity contribution in [3.8, 4) is 17.2 Å². The molecule has 198 valence electrons. The molecule has 1 atom stereocenters. The SMILES string of the molecule is COC(=O)c1sc(N2C(=O)C(=O)C(=C(O)c3ccc(OC)cc3C)C2c2ccc(OC)c(OC)c2)nc1C. The highest BCUT2D eigenvalue weighted by Gasteiger charge is 2.48. The Morgan fingerprint density at radius 1 is 0.974 bits per heavy atom. The van der Waals surface area contributed by atoms with E-state index in [4.69, 9.17) is 18.9 Å². The summed E-state index contributed by atoms with van der Waals surface area (Å²) in [7, 11) is 5.72. The Morgan fingerprint density at radius 3 is 2.29 bits per heavy atom. The highest BCUT2D eigenvalue weighted by molar-refractivity contribution is 7.17. The third-order valence-electron chi connectivity index (χ3n) is 6.22. The summed E-state index contributed by atoms with van der Waals surface area (Å²) in [6.45, 7) is 3.36. The highest BCUT2D eigenvalue weighted by atomic mass is 32.1. The number of aliphatic hydroxyl groups excluding tert-OH is 1. The van der Waals surface area contributed by atoms with Crippen LogP contribution in [-0.2, 0) is 14.3 Å². The topological polar surface area (TPSA) is 124 Å². The summed E-state index contributed by atoms with van der Waals surface area (Å²) in [4.78, 5) is 45.0. The number of carbonyl (C=O) groups excluding carboxylic acids is 3. The Labute approximate surface area is 223 Å². The van der Waals surface area contributed by atoms with Crippen molar-refractivity contribution in [3.63, 3.8) is 0 Å². The van der Waals surface area contributed by atoms with Gasteiger partial charge in [-0.15, -0.1) is 0 Å². The van der Waals surface area contributed by atoms with E-state index in [0.717, 1.165) is 11.3 Å². The third-order valence-corrected chi connectivity index (χ3v) is 7.36. The molecule has 4 rings (SSSR count). The quantitative estimate of drug-likeness (QED) is 0.204. The molecule has 1 aliphatic heterocycles. The largest absolute Gasteiger partial charge is 0.507 e. The van der Waals surface area contributed by atoms with Gasteiger partial charge in [-0.3, -0.25) is 14.5 Å². The number of anilines is 1. The van der Waals surface area contributed by atoms with Crippen molar-refractivity contribution in [2.75, 3.05) is 33.3 Å². The molecule has 1 aliphatic rings. The fourth-order valence-electron chi connectivity index (χ4n) is 4.31. The molecule has 1 fully saturated rings. The van der Waals surface area contributed by atoms with Gasteiger partial charge in [0.25, 0.3) is 5.78 Å². The number of ketones is 1. The average molecular weight is 539 g/mol. The minimum atomic E-state index is -1.08. The number of aliphatic hydroxyl groups is 1. The Morgan fingerprint density at radius 2 is 1.68 bits per heavy atom. The molecule has 0 aliphatic carbocycles. The normalized spacial score (nSPS) is 16.5. The van der Waals surface area contributed by atoms with Crippen molar-refractivity contribution in [1.29, 1.82) is 0 Å². The van der Waals surface area contributed by atoms with E-state index in [-0.39, 0.29) is 21.3 Å². The van der Waals surface area contributed by atoms with Gasteiger partial charge in [-0.2, -0.15) is 0 Å². The summed E-state index contributed by atoms with van der Waals surface area (Å²) < 4.78 is 20.9. The maximum Gasteiger partial charge on any atom is 0.350 e. The van der Waals surface area contributed by atoms with Crippen LogP contribution in [-0.4, -0.2) is 56.2 Å². The van der Waals surface area contributed by atoms with Crippen LogP contribution in [0.2, 0.25) is 0 Å². The standard InChI is InChI=1S/C27H26N2O8S/c1-13-11-16(34-3)8-9-17(13)22(30)20-21(15-7-10-18(35-4)19(12-15)36-5)29(25(32)23(20)31)27-28-14(2)24(38-27)26(33)37-6/h7-12,21,30H,1-6H3. The molecule has 1 amide bonds. The lowest BCUT2D eigenvalue weighted by atomic mass is 9.93. The number of esters is 1. The predicted octanol–water partition coefficient (Wildman–Crippen LogP) is 4.20. The van der Waals surface area contributed by atoms with Gasteiger partial charge < -0.3 is 24.1 Å². The number of hydrogen-bond donors (Lipinski definition) is 1. The first kappa shape index (κ1) is 26.7. The summed E-state index contributed by atoms with van der Waals surface area (Å²) in [5, 5.41) is 11.6. The molecule has 38 heavy (non-hydrogen) atoms. The van der Waals surface area contributed by atoms with Gasteiger partial charge in [0.1, 0.15) is 16.4 Å². The summed E-state index contributed by atoms with van der Waals surface area (Å²) >= 11 is 0.919. The zero-order valence-electron chi connectivity index (χ0n) is 21.6. The van der Waals surface area contributed by atoms with Crippen LogP contribution < -0.4 is 19.1 Å².